The maximum absolute atomic E-state index is 12.1. The number of anilines is 2. The maximum atomic E-state index is 12.1. The summed E-state index contributed by atoms with van der Waals surface area (Å²) >= 11 is 0. The highest BCUT2D eigenvalue weighted by Gasteiger charge is 2.07. The number of hydrogen-bond acceptors (Lipinski definition) is 6. The van der Waals surface area contributed by atoms with Gasteiger partial charge in [0.25, 0.3) is 11.8 Å². The molecule has 3 N–H and O–H groups in total. The smallest absolute Gasteiger partial charge is 0.271 e. The lowest BCUT2D eigenvalue weighted by atomic mass is 10.2. The fourth-order valence-corrected chi connectivity index (χ4v) is 2.27. The van der Waals surface area contributed by atoms with Gasteiger partial charge in [-0.05, 0) is 42.0 Å². The Balaban J connectivity index is 1.55. The number of hydrogen-bond donors (Lipinski definition) is 3. The molecule has 0 saturated heterocycles. The van der Waals surface area contributed by atoms with E-state index < -0.39 is 0 Å². The van der Waals surface area contributed by atoms with Crippen LogP contribution < -0.4 is 16.0 Å². The van der Waals surface area contributed by atoms with Crippen LogP contribution in [0.5, 0.6) is 0 Å². The maximum Gasteiger partial charge on any atom is 0.271 e. The summed E-state index contributed by atoms with van der Waals surface area (Å²) in [5, 5.41) is 16.3. The van der Waals surface area contributed by atoms with Crippen molar-refractivity contribution >= 4 is 23.3 Å². The molecule has 0 aliphatic heterocycles. The van der Waals surface area contributed by atoms with Crippen molar-refractivity contribution in [1.29, 1.82) is 0 Å². The van der Waals surface area contributed by atoms with Crippen LogP contribution in [0.1, 0.15) is 26.4 Å². The van der Waals surface area contributed by atoms with Crippen molar-refractivity contribution in [2.45, 2.75) is 6.54 Å². The van der Waals surface area contributed by atoms with Gasteiger partial charge in [0.1, 0.15) is 5.82 Å². The van der Waals surface area contributed by atoms with E-state index in [1.54, 1.807) is 37.5 Å². The lowest BCUT2D eigenvalue weighted by Gasteiger charge is -2.08. The number of nitrogens with one attached hydrogen (secondary N) is 3. The number of benzene rings is 1. The molecule has 0 atom stereocenters. The van der Waals surface area contributed by atoms with Gasteiger partial charge in [-0.1, -0.05) is 12.1 Å². The summed E-state index contributed by atoms with van der Waals surface area (Å²) in [5.41, 5.74) is 2.47. The van der Waals surface area contributed by atoms with E-state index in [-0.39, 0.29) is 17.5 Å². The zero-order valence-corrected chi connectivity index (χ0v) is 14.6. The second-order valence-corrected chi connectivity index (χ2v) is 5.63. The molecule has 2 heterocycles. The molecule has 8 nitrogen and oxygen atoms in total. The minimum Gasteiger partial charge on any atom is -0.365 e. The molecule has 3 rings (SSSR count). The monoisotopic (exact) mass is 362 g/mol. The molecule has 0 spiro atoms. The molecule has 3 aromatic rings. The average Bonchev–Trinajstić information content (AvgIpc) is 2.73. The highest BCUT2D eigenvalue weighted by atomic mass is 16.2. The van der Waals surface area contributed by atoms with Gasteiger partial charge in [0.05, 0.1) is 5.56 Å². The Hall–Kier alpha value is -3.81. The van der Waals surface area contributed by atoms with Crippen molar-refractivity contribution in [3.8, 4) is 0 Å². The minimum absolute atomic E-state index is 0.208. The summed E-state index contributed by atoms with van der Waals surface area (Å²) in [5.74, 6) is 0.0787. The van der Waals surface area contributed by atoms with Crippen molar-refractivity contribution in [3.63, 3.8) is 0 Å². The molecule has 0 aliphatic rings. The topological polar surface area (TPSA) is 109 Å². The third kappa shape index (κ3) is 4.85. The average molecular weight is 362 g/mol. The summed E-state index contributed by atoms with van der Waals surface area (Å²) in [6, 6.07) is 14.2. The molecule has 136 valence electrons. The number of pyridine rings is 1. The first kappa shape index (κ1) is 18.0. The molecule has 2 aromatic heterocycles. The zero-order chi connectivity index (χ0) is 19.1. The predicted octanol–water partition coefficient (Wildman–Crippen LogP) is 2.10. The molecule has 8 heteroatoms. The van der Waals surface area contributed by atoms with Gasteiger partial charge in [0.2, 0.25) is 0 Å². The molecular formula is C19H18N6O2. The van der Waals surface area contributed by atoms with E-state index in [4.69, 9.17) is 0 Å². The Bertz CT molecular complexity index is 911. The largest absolute Gasteiger partial charge is 0.365 e. The second-order valence-electron chi connectivity index (χ2n) is 5.63. The number of rotatable bonds is 6. The fraction of sp³-hybridized carbons (Fsp3) is 0.105. The lowest BCUT2D eigenvalue weighted by molar-refractivity contribution is 0.0956. The lowest BCUT2D eigenvalue weighted by Crippen LogP contribution is -2.19. The van der Waals surface area contributed by atoms with Gasteiger partial charge in [0.15, 0.2) is 5.69 Å². The van der Waals surface area contributed by atoms with Crippen LogP contribution in [-0.4, -0.2) is 34.0 Å². The SMILES string of the molecule is CNC(=O)c1ccc(NCc2ccc(NC(=O)c3cccnc3)cc2)nn1. The molecule has 1 aromatic carbocycles. The van der Waals surface area contributed by atoms with Crippen LogP contribution in [0, 0.1) is 0 Å². The van der Waals surface area contributed by atoms with E-state index in [2.05, 4.69) is 31.1 Å². The number of aromatic nitrogens is 3. The van der Waals surface area contributed by atoms with Gasteiger partial charge < -0.3 is 16.0 Å². The number of carbonyl (C=O) groups excluding carboxylic acids is 2. The van der Waals surface area contributed by atoms with Gasteiger partial charge in [-0.25, -0.2) is 0 Å². The van der Waals surface area contributed by atoms with E-state index in [9.17, 15) is 9.59 Å². The second kappa shape index (κ2) is 8.52. The summed E-state index contributed by atoms with van der Waals surface area (Å²) in [4.78, 5) is 27.5. The third-order valence-corrected chi connectivity index (χ3v) is 3.73. The van der Waals surface area contributed by atoms with E-state index in [0.717, 1.165) is 5.56 Å². The minimum atomic E-state index is -0.280. The summed E-state index contributed by atoms with van der Waals surface area (Å²) in [6.07, 6.45) is 3.14. The van der Waals surface area contributed by atoms with Gasteiger partial charge >= 0.3 is 0 Å². The predicted molar refractivity (Wildman–Crippen MR) is 101 cm³/mol. The van der Waals surface area contributed by atoms with Crippen LogP contribution >= 0.6 is 0 Å². The van der Waals surface area contributed by atoms with Crippen LogP contribution in [0.2, 0.25) is 0 Å². The number of carbonyl (C=O) groups is 2. The molecule has 0 fully saturated rings. The Morgan fingerprint density at radius 1 is 0.963 bits per heavy atom. The zero-order valence-electron chi connectivity index (χ0n) is 14.6. The van der Waals surface area contributed by atoms with Crippen molar-refractivity contribution in [3.05, 3.63) is 77.7 Å². The van der Waals surface area contributed by atoms with E-state index in [1.165, 1.54) is 6.20 Å². The van der Waals surface area contributed by atoms with Crippen LogP contribution in [0.4, 0.5) is 11.5 Å². The van der Waals surface area contributed by atoms with Crippen molar-refractivity contribution in [1.82, 2.24) is 20.5 Å². The van der Waals surface area contributed by atoms with Crippen LogP contribution in [0.25, 0.3) is 0 Å². The Labute approximate surface area is 156 Å². The van der Waals surface area contributed by atoms with Crippen LogP contribution in [0.15, 0.2) is 60.9 Å². The Morgan fingerprint density at radius 3 is 2.41 bits per heavy atom. The third-order valence-electron chi connectivity index (χ3n) is 3.73. The normalized spacial score (nSPS) is 10.1. The fourth-order valence-electron chi connectivity index (χ4n) is 2.27. The highest BCUT2D eigenvalue weighted by molar-refractivity contribution is 6.04. The van der Waals surface area contributed by atoms with Crippen molar-refractivity contribution in [2.24, 2.45) is 0 Å². The molecule has 27 heavy (non-hydrogen) atoms. The molecule has 0 unspecified atom stereocenters. The Morgan fingerprint density at radius 2 is 1.78 bits per heavy atom. The van der Waals surface area contributed by atoms with E-state index >= 15 is 0 Å². The first-order chi connectivity index (χ1) is 13.2. The molecule has 2 amide bonds. The quantitative estimate of drug-likeness (QED) is 0.620. The van der Waals surface area contributed by atoms with E-state index in [1.807, 2.05) is 24.3 Å². The van der Waals surface area contributed by atoms with Gasteiger partial charge in [-0.15, -0.1) is 10.2 Å². The first-order valence-corrected chi connectivity index (χ1v) is 8.26. The number of amides is 2. The summed E-state index contributed by atoms with van der Waals surface area (Å²) in [6.45, 7) is 0.533. The summed E-state index contributed by atoms with van der Waals surface area (Å²) < 4.78 is 0. The Kier molecular flexibility index (Phi) is 5.68. The van der Waals surface area contributed by atoms with Gasteiger partial charge in [0, 0.05) is 31.7 Å². The first-order valence-electron chi connectivity index (χ1n) is 8.26. The molecule has 0 saturated carbocycles. The van der Waals surface area contributed by atoms with Gasteiger partial charge in [-0.2, -0.15) is 0 Å². The van der Waals surface area contributed by atoms with Crippen molar-refractivity contribution in [2.75, 3.05) is 17.7 Å². The molecule has 0 radical (unpaired) electrons. The van der Waals surface area contributed by atoms with E-state index in [0.29, 0.717) is 23.6 Å². The molecular weight excluding hydrogens is 344 g/mol. The van der Waals surface area contributed by atoms with Gasteiger partial charge in [-0.3, -0.25) is 14.6 Å². The molecule has 0 aliphatic carbocycles. The highest BCUT2D eigenvalue weighted by Crippen LogP contribution is 2.12. The van der Waals surface area contributed by atoms with Crippen LogP contribution in [-0.2, 0) is 6.54 Å². The number of nitrogens with zero attached hydrogens (tertiary/aromatic N) is 3. The summed E-state index contributed by atoms with van der Waals surface area (Å²) in [7, 11) is 1.54. The standard InChI is InChI=1S/C19H18N6O2/c1-20-19(27)16-8-9-17(25-24-16)22-11-13-4-6-15(7-5-13)23-18(26)14-3-2-10-21-12-14/h2-10,12H,11H2,1H3,(H,20,27)(H,22,25)(H,23,26). The van der Waals surface area contributed by atoms with Crippen molar-refractivity contribution < 1.29 is 9.59 Å². The molecule has 0 bridgehead atoms. The van der Waals surface area contributed by atoms with Crippen LogP contribution in [0.3, 0.4) is 0 Å².